The molecule has 0 unspecified atom stereocenters. The van der Waals surface area contributed by atoms with Gasteiger partial charge in [0.05, 0.1) is 5.56 Å². The van der Waals surface area contributed by atoms with E-state index in [9.17, 15) is 4.79 Å². The minimum absolute atomic E-state index is 0.0344. The van der Waals surface area contributed by atoms with Crippen LogP contribution < -0.4 is 5.32 Å². The van der Waals surface area contributed by atoms with Crippen molar-refractivity contribution in [2.24, 2.45) is 0 Å². The van der Waals surface area contributed by atoms with E-state index in [4.69, 9.17) is 11.6 Å². The molecule has 2 heterocycles. The molecule has 1 amide bonds. The summed E-state index contributed by atoms with van der Waals surface area (Å²) in [6, 6.07) is 7.70. The number of halogens is 1. The predicted octanol–water partition coefficient (Wildman–Crippen LogP) is 2.70. The van der Waals surface area contributed by atoms with E-state index in [1.807, 2.05) is 30.5 Å². The molecular formula is C18H20ClN3O. The number of carbonyl (C=O) groups excluding carboxylic acids is 1. The van der Waals surface area contributed by atoms with Gasteiger partial charge in [-0.1, -0.05) is 23.7 Å². The topological polar surface area (TPSA) is 45.2 Å². The number of rotatable bonds is 4. The second-order valence-electron chi connectivity index (χ2n) is 5.94. The molecule has 0 radical (unpaired) electrons. The van der Waals surface area contributed by atoms with Gasteiger partial charge in [0, 0.05) is 37.1 Å². The first-order valence-electron chi connectivity index (χ1n) is 7.80. The van der Waals surface area contributed by atoms with Crippen molar-refractivity contribution in [3.63, 3.8) is 0 Å². The van der Waals surface area contributed by atoms with Crippen molar-refractivity contribution in [2.45, 2.75) is 19.4 Å². The van der Waals surface area contributed by atoms with Crippen LogP contribution in [0.5, 0.6) is 0 Å². The molecule has 5 heteroatoms. The van der Waals surface area contributed by atoms with Gasteiger partial charge in [-0.05, 0) is 48.7 Å². The van der Waals surface area contributed by atoms with Crippen molar-refractivity contribution in [2.75, 3.05) is 20.1 Å². The fourth-order valence-electron chi connectivity index (χ4n) is 2.90. The summed E-state index contributed by atoms with van der Waals surface area (Å²) >= 11 is 5.87. The maximum Gasteiger partial charge on any atom is 0.253 e. The third-order valence-corrected chi connectivity index (χ3v) is 4.44. The van der Waals surface area contributed by atoms with Gasteiger partial charge in [-0.3, -0.25) is 9.78 Å². The summed E-state index contributed by atoms with van der Waals surface area (Å²) in [5.74, 6) is -0.0344. The Bertz CT molecular complexity index is 700. The molecule has 1 aliphatic heterocycles. The molecule has 0 atom stereocenters. The van der Waals surface area contributed by atoms with E-state index in [1.165, 1.54) is 0 Å². The molecule has 0 aliphatic carbocycles. The van der Waals surface area contributed by atoms with Crippen LogP contribution in [0.4, 0.5) is 0 Å². The summed E-state index contributed by atoms with van der Waals surface area (Å²) in [6.45, 7) is 2.43. The largest absolute Gasteiger partial charge is 0.352 e. The van der Waals surface area contributed by atoms with Gasteiger partial charge >= 0.3 is 0 Å². The van der Waals surface area contributed by atoms with Crippen molar-refractivity contribution in [3.05, 3.63) is 63.9 Å². The number of benzene rings is 1. The number of aromatic nitrogens is 1. The first kappa shape index (κ1) is 16.0. The zero-order valence-electron chi connectivity index (χ0n) is 13.2. The van der Waals surface area contributed by atoms with Gasteiger partial charge in [0.1, 0.15) is 0 Å². The van der Waals surface area contributed by atoms with Crippen molar-refractivity contribution in [3.8, 4) is 0 Å². The first-order chi connectivity index (χ1) is 11.1. The average molecular weight is 330 g/mol. The second kappa shape index (κ2) is 7.11. The molecule has 4 nitrogen and oxygen atoms in total. The maximum atomic E-state index is 12.5. The lowest BCUT2D eigenvalue weighted by molar-refractivity contribution is 0.0952. The minimum Gasteiger partial charge on any atom is -0.352 e. The standard InChI is InChI=1S/C18H20ClN3O/c1-22-9-7-16-14(12-22)10-20-11-17(16)18(23)21-8-6-13-2-4-15(19)5-3-13/h2-5,10-11H,6-9,12H2,1H3,(H,21,23). The van der Waals surface area contributed by atoms with Crippen molar-refractivity contribution in [1.29, 1.82) is 0 Å². The van der Waals surface area contributed by atoms with Gasteiger partial charge in [-0.25, -0.2) is 0 Å². The number of pyridine rings is 1. The Balaban J connectivity index is 1.62. The molecule has 0 bridgehead atoms. The molecule has 120 valence electrons. The van der Waals surface area contributed by atoms with Crippen LogP contribution in [0.25, 0.3) is 0 Å². The van der Waals surface area contributed by atoms with Gasteiger partial charge in [0.25, 0.3) is 5.91 Å². The van der Waals surface area contributed by atoms with E-state index in [2.05, 4.69) is 22.2 Å². The SMILES string of the molecule is CN1CCc2c(cncc2C(=O)NCCc2ccc(Cl)cc2)C1. The number of nitrogens with zero attached hydrogens (tertiary/aromatic N) is 2. The molecule has 0 spiro atoms. The summed E-state index contributed by atoms with van der Waals surface area (Å²) in [4.78, 5) is 18.9. The van der Waals surface area contributed by atoms with E-state index >= 15 is 0 Å². The summed E-state index contributed by atoms with van der Waals surface area (Å²) in [6.07, 6.45) is 5.24. The highest BCUT2D eigenvalue weighted by Crippen LogP contribution is 2.20. The fourth-order valence-corrected chi connectivity index (χ4v) is 3.02. The Labute approximate surface area is 141 Å². The number of amides is 1. The highest BCUT2D eigenvalue weighted by molar-refractivity contribution is 6.30. The lowest BCUT2D eigenvalue weighted by atomic mass is 9.97. The lowest BCUT2D eigenvalue weighted by Gasteiger charge is -2.26. The van der Waals surface area contributed by atoms with Crippen molar-refractivity contribution < 1.29 is 4.79 Å². The fraction of sp³-hybridized carbons (Fsp3) is 0.333. The van der Waals surface area contributed by atoms with Crippen LogP contribution in [0, 0.1) is 0 Å². The third-order valence-electron chi connectivity index (χ3n) is 4.19. The highest BCUT2D eigenvalue weighted by Gasteiger charge is 2.20. The number of likely N-dealkylation sites (N-methyl/N-ethyl adjacent to an activating group) is 1. The molecule has 2 aromatic rings. The molecule has 1 aliphatic rings. The Morgan fingerprint density at radius 1 is 1.30 bits per heavy atom. The van der Waals surface area contributed by atoms with Gasteiger partial charge < -0.3 is 10.2 Å². The summed E-state index contributed by atoms with van der Waals surface area (Å²) in [5.41, 5.74) is 4.17. The zero-order chi connectivity index (χ0) is 16.2. The lowest BCUT2D eigenvalue weighted by Crippen LogP contribution is -2.31. The van der Waals surface area contributed by atoms with E-state index in [0.29, 0.717) is 12.1 Å². The summed E-state index contributed by atoms with van der Waals surface area (Å²) in [7, 11) is 2.09. The molecule has 1 aromatic heterocycles. The Morgan fingerprint density at radius 2 is 2.09 bits per heavy atom. The van der Waals surface area contributed by atoms with Crippen LogP contribution in [-0.2, 0) is 19.4 Å². The highest BCUT2D eigenvalue weighted by atomic mass is 35.5. The number of hydrogen-bond donors (Lipinski definition) is 1. The van der Waals surface area contributed by atoms with E-state index < -0.39 is 0 Å². The molecule has 0 saturated carbocycles. The maximum absolute atomic E-state index is 12.5. The van der Waals surface area contributed by atoms with Crippen LogP contribution in [0.3, 0.4) is 0 Å². The number of fused-ring (bicyclic) bond motifs is 1. The first-order valence-corrected chi connectivity index (χ1v) is 8.18. The van der Waals surface area contributed by atoms with Crippen molar-refractivity contribution in [1.82, 2.24) is 15.2 Å². The van der Waals surface area contributed by atoms with E-state index in [-0.39, 0.29) is 5.91 Å². The van der Waals surface area contributed by atoms with E-state index in [1.54, 1.807) is 6.20 Å². The Hall–Kier alpha value is -1.91. The number of carbonyl (C=O) groups is 1. The van der Waals surface area contributed by atoms with Gasteiger partial charge in [-0.15, -0.1) is 0 Å². The second-order valence-corrected chi connectivity index (χ2v) is 6.38. The quantitative estimate of drug-likeness (QED) is 0.938. The molecule has 23 heavy (non-hydrogen) atoms. The van der Waals surface area contributed by atoms with Gasteiger partial charge in [-0.2, -0.15) is 0 Å². The number of nitrogens with one attached hydrogen (secondary N) is 1. The third kappa shape index (κ3) is 3.89. The van der Waals surface area contributed by atoms with Crippen LogP contribution in [0.2, 0.25) is 5.02 Å². The smallest absolute Gasteiger partial charge is 0.253 e. The van der Waals surface area contributed by atoms with Crippen LogP contribution in [0.1, 0.15) is 27.0 Å². The molecular weight excluding hydrogens is 310 g/mol. The van der Waals surface area contributed by atoms with Crippen LogP contribution >= 0.6 is 11.6 Å². The normalized spacial score (nSPS) is 14.3. The van der Waals surface area contributed by atoms with E-state index in [0.717, 1.165) is 47.6 Å². The van der Waals surface area contributed by atoms with Gasteiger partial charge in [0.15, 0.2) is 0 Å². The predicted molar refractivity (Wildman–Crippen MR) is 91.8 cm³/mol. The minimum atomic E-state index is -0.0344. The Kier molecular flexibility index (Phi) is 4.94. The monoisotopic (exact) mass is 329 g/mol. The van der Waals surface area contributed by atoms with Crippen LogP contribution in [-0.4, -0.2) is 35.9 Å². The molecule has 0 fully saturated rings. The summed E-state index contributed by atoms with van der Waals surface area (Å²) < 4.78 is 0. The summed E-state index contributed by atoms with van der Waals surface area (Å²) in [5, 5.41) is 3.72. The number of hydrogen-bond acceptors (Lipinski definition) is 3. The van der Waals surface area contributed by atoms with Crippen LogP contribution in [0.15, 0.2) is 36.7 Å². The van der Waals surface area contributed by atoms with Gasteiger partial charge in [0.2, 0.25) is 0 Å². The zero-order valence-corrected chi connectivity index (χ0v) is 13.9. The molecule has 1 aromatic carbocycles. The molecule has 0 saturated heterocycles. The average Bonchev–Trinajstić information content (AvgIpc) is 2.55. The van der Waals surface area contributed by atoms with Crippen molar-refractivity contribution >= 4 is 17.5 Å². The molecule has 3 rings (SSSR count). The Morgan fingerprint density at radius 3 is 2.87 bits per heavy atom. The molecule has 1 N–H and O–H groups in total.